The predicted octanol–water partition coefficient (Wildman–Crippen LogP) is 7.04. The Morgan fingerprint density at radius 1 is 1.08 bits per heavy atom. The van der Waals surface area contributed by atoms with E-state index in [1.165, 1.54) is 49.0 Å². The van der Waals surface area contributed by atoms with Gasteiger partial charge in [0.15, 0.2) is 0 Å². The Morgan fingerprint density at radius 3 is 2.36 bits per heavy atom. The Labute approximate surface area is 162 Å². The van der Waals surface area contributed by atoms with E-state index in [1.807, 2.05) is 6.21 Å². The van der Waals surface area contributed by atoms with Crippen molar-refractivity contribution in [1.82, 2.24) is 0 Å². The number of thiophene rings is 1. The lowest BCUT2D eigenvalue weighted by molar-refractivity contribution is -0.00517. The highest BCUT2D eigenvalue weighted by Crippen LogP contribution is 2.60. The van der Waals surface area contributed by atoms with Crippen LogP contribution in [0.4, 0.5) is 5.69 Å². The third-order valence-corrected chi connectivity index (χ3v) is 8.41. The van der Waals surface area contributed by atoms with Crippen LogP contribution in [-0.4, -0.2) is 6.21 Å². The molecule has 2 aromatic rings. The summed E-state index contributed by atoms with van der Waals surface area (Å²) in [6.45, 7) is 2.18. The monoisotopic (exact) mass is 413 g/mol. The van der Waals surface area contributed by atoms with E-state index in [0.717, 1.165) is 27.9 Å². The van der Waals surface area contributed by atoms with Gasteiger partial charge in [0.2, 0.25) is 0 Å². The first-order valence-electron chi connectivity index (χ1n) is 9.49. The number of aliphatic imine (C=N–C) groups is 1. The highest BCUT2D eigenvalue weighted by molar-refractivity contribution is 9.10. The molecule has 4 aliphatic carbocycles. The SMILES string of the molecule is Cc1ccc(C23CC4CC(CC(C4)C2)C3)cc1N=Cc1cc(Br)cs1. The maximum atomic E-state index is 4.84. The van der Waals surface area contributed by atoms with Crippen molar-refractivity contribution in [3.63, 3.8) is 0 Å². The van der Waals surface area contributed by atoms with Crippen LogP contribution < -0.4 is 0 Å². The first-order chi connectivity index (χ1) is 12.1. The minimum absolute atomic E-state index is 0.457. The van der Waals surface area contributed by atoms with Gasteiger partial charge in [-0.05, 0) is 108 Å². The summed E-state index contributed by atoms with van der Waals surface area (Å²) in [5, 5.41) is 2.11. The molecule has 0 amide bonds. The Hall–Kier alpha value is -0.930. The van der Waals surface area contributed by atoms with E-state index in [-0.39, 0.29) is 0 Å². The Morgan fingerprint density at radius 2 is 1.76 bits per heavy atom. The third-order valence-electron chi connectivity index (χ3n) is 6.78. The van der Waals surface area contributed by atoms with Gasteiger partial charge in [-0.3, -0.25) is 4.99 Å². The molecule has 3 heteroatoms. The van der Waals surface area contributed by atoms with Crippen LogP contribution >= 0.6 is 27.3 Å². The molecule has 25 heavy (non-hydrogen) atoms. The van der Waals surface area contributed by atoms with Gasteiger partial charge in [-0.25, -0.2) is 0 Å². The fraction of sp³-hybridized carbons (Fsp3) is 0.500. The van der Waals surface area contributed by atoms with Crippen LogP contribution in [0.25, 0.3) is 0 Å². The van der Waals surface area contributed by atoms with E-state index >= 15 is 0 Å². The lowest BCUT2D eigenvalue weighted by atomic mass is 9.48. The van der Waals surface area contributed by atoms with Crippen molar-refractivity contribution in [3.05, 3.63) is 50.1 Å². The van der Waals surface area contributed by atoms with E-state index < -0.39 is 0 Å². The number of benzene rings is 1. The summed E-state index contributed by atoms with van der Waals surface area (Å²) in [5.74, 6) is 2.97. The standard InChI is InChI=1S/C22H24BrNS/c1-14-2-3-18(7-21(14)24-12-20-8-19(23)13-25-20)22-9-15-4-16(10-22)6-17(5-15)11-22/h2-3,7-8,12-13,15-17H,4-6,9-11H2,1H3. The zero-order valence-electron chi connectivity index (χ0n) is 14.7. The van der Waals surface area contributed by atoms with E-state index in [4.69, 9.17) is 4.99 Å². The molecule has 0 saturated heterocycles. The molecule has 130 valence electrons. The van der Waals surface area contributed by atoms with E-state index in [1.54, 1.807) is 16.9 Å². The topological polar surface area (TPSA) is 12.4 Å². The summed E-state index contributed by atoms with van der Waals surface area (Å²) in [6.07, 6.45) is 10.8. The summed E-state index contributed by atoms with van der Waals surface area (Å²) in [7, 11) is 0. The normalized spacial score (nSPS) is 33.4. The summed E-state index contributed by atoms with van der Waals surface area (Å²) < 4.78 is 1.14. The number of halogens is 1. The Kier molecular flexibility index (Phi) is 3.94. The smallest absolute Gasteiger partial charge is 0.0662 e. The summed E-state index contributed by atoms with van der Waals surface area (Å²) in [4.78, 5) is 6.04. The van der Waals surface area contributed by atoms with Crippen molar-refractivity contribution in [2.45, 2.75) is 50.9 Å². The van der Waals surface area contributed by atoms with Crippen LogP contribution in [0.15, 0.2) is 39.1 Å². The number of hydrogen-bond acceptors (Lipinski definition) is 2. The van der Waals surface area contributed by atoms with Gasteiger partial charge in [0.25, 0.3) is 0 Å². The molecule has 0 N–H and O–H groups in total. The molecule has 4 bridgehead atoms. The molecular weight excluding hydrogens is 390 g/mol. The quantitative estimate of drug-likeness (QED) is 0.478. The predicted molar refractivity (Wildman–Crippen MR) is 110 cm³/mol. The molecule has 1 heterocycles. The fourth-order valence-corrected chi connectivity index (χ4v) is 7.38. The van der Waals surface area contributed by atoms with Crippen molar-refractivity contribution >= 4 is 39.2 Å². The molecule has 6 rings (SSSR count). The van der Waals surface area contributed by atoms with Gasteiger partial charge in [-0.1, -0.05) is 12.1 Å². The summed E-state index contributed by atoms with van der Waals surface area (Å²) in [6, 6.07) is 9.24. The molecule has 0 aliphatic heterocycles. The van der Waals surface area contributed by atoms with Crippen molar-refractivity contribution in [3.8, 4) is 0 Å². The average Bonchev–Trinajstić information content (AvgIpc) is 2.98. The second-order valence-electron chi connectivity index (χ2n) is 8.62. The molecule has 0 spiro atoms. The van der Waals surface area contributed by atoms with Crippen molar-refractivity contribution in [1.29, 1.82) is 0 Å². The van der Waals surface area contributed by atoms with E-state index in [2.05, 4.69) is 52.5 Å². The van der Waals surface area contributed by atoms with Crippen LogP contribution in [0.2, 0.25) is 0 Å². The van der Waals surface area contributed by atoms with Gasteiger partial charge in [-0.15, -0.1) is 11.3 Å². The number of rotatable bonds is 3. The zero-order valence-corrected chi connectivity index (χ0v) is 17.1. The highest BCUT2D eigenvalue weighted by atomic mass is 79.9. The second kappa shape index (κ2) is 6.06. The first kappa shape index (κ1) is 16.3. The van der Waals surface area contributed by atoms with Gasteiger partial charge in [0.1, 0.15) is 0 Å². The summed E-state index contributed by atoms with van der Waals surface area (Å²) in [5.41, 5.74) is 4.45. The molecule has 4 fully saturated rings. The minimum Gasteiger partial charge on any atom is -0.255 e. The van der Waals surface area contributed by atoms with E-state index in [9.17, 15) is 0 Å². The van der Waals surface area contributed by atoms with Crippen LogP contribution in [-0.2, 0) is 5.41 Å². The molecule has 4 saturated carbocycles. The van der Waals surface area contributed by atoms with Gasteiger partial charge >= 0.3 is 0 Å². The molecule has 1 aromatic heterocycles. The Bertz CT molecular complexity index is 799. The van der Waals surface area contributed by atoms with Crippen molar-refractivity contribution in [2.24, 2.45) is 22.7 Å². The molecule has 4 aliphatic rings. The second-order valence-corrected chi connectivity index (χ2v) is 10.5. The average molecular weight is 414 g/mol. The minimum atomic E-state index is 0.457. The first-order valence-corrected chi connectivity index (χ1v) is 11.2. The molecule has 0 unspecified atom stereocenters. The lowest BCUT2D eigenvalue weighted by Gasteiger charge is -2.57. The maximum absolute atomic E-state index is 4.84. The number of hydrogen-bond donors (Lipinski definition) is 0. The maximum Gasteiger partial charge on any atom is 0.0662 e. The van der Waals surface area contributed by atoms with Gasteiger partial charge in [0.05, 0.1) is 5.69 Å². The zero-order chi connectivity index (χ0) is 17.0. The molecule has 0 atom stereocenters. The van der Waals surface area contributed by atoms with Crippen LogP contribution in [0.5, 0.6) is 0 Å². The molecular formula is C22H24BrNS. The Balaban J connectivity index is 1.48. The van der Waals surface area contributed by atoms with Crippen molar-refractivity contribution in [2.75, 3.05) is 0 Å². The number of nitrogens with zero attached hydrogens (tertiary/aromatic N) is 1. The molecule has 1 nitrogen and oxygen atoms in total. The molecule has 0 radical (unpaired) electrons. The lowest BCUT2D eigenvalue weighted by Crippen LogP contribution is -2.48. The highest BCUT2D eigenvalue weighted by Gasteiger charge is 2.51. The number of aryl methyl sites for hydroxylation is 1. The van der Waals surface area contributed by atoms with Crippen LogP contribution in [0.1, 0.15) is 54.5 Å². The van der Waals surface area contributed by atoms with E-state index in [0.29, 0.717) is 5.41 Å². The molecule has 1 aromatic carbocycles. The van der Waals surface area contributed by atoms with Crippen LogP contribution in [0.3, 0.4) is 0 Å². The largest absolute Gasteiger partial charge is 0.255 e. The van der Waals surface area contributed by atoms with Crippen molar-refractivity contribution < 1.29 is 0 Å². The van der Waals surface area contributed by atoms with Gasteiger partial charge < -0.3 is 0 Å². The van der Waals surface area contributed by atoms with Gasteiger partial charge in [-0.2, -0.15) is 0 Å². The summed E-state index contributed by atoms with van der Waals surface area (Å²) >= 11 is 5.25. The van der Waals surface area contributed by atoms with Crippen LogP contribution in [0, 0.1) is 24.7 Å². The third kappa shape index (κ3) is 2.94. The fourth-order valence-electron chi connectivity index (χ4n) is 6.07. The van der Waals surface area contributed by atoms with Gasteiger partial charge in [0, 0.05) is 20.9 Å².